The van der Waals surface area contributed by atoms with Gasteiger partial charge in [0.15, 0.2) is 0 Å². The quantitative estimate of drug-likeness (QED) is 0.843. The van der Waals surface area contributed by atoms with Gasteiger partial charge in [-0.3, -0.25) is 0 Å². The molecular weight excluding hydrogens is 384 g/mol. The Morgan fingerprint density at radius 3 is 2.84 bits per heavy atom. The molecule has 0 aliphatic carbocycles. The number of aromatic nitrogens is 2. The molecule has 0 saturated carbocycles. The van der Waals surface area contributed by atoms with Crippen LogP contribution in [0.5, 0.6) is 0 Å². The van der Waals surface area contributed by atoms with Gasteiger partial charge in [-0.05, 0) is 34.1 Å². The number of carboxylic acids is 1. The first-order valence-electron chi connectivity index (χ1n) is 5.13. The maximum Gasteiger partial charge on any atom is 0.329 e. The van der Waals surface area contributed by atoms with Gasteiger partial charge in [0.05, 0.1) is 5.56 Å². The number of hydrogen-bond acceptors (Lipinski definition) is 5. The fraction of sp³-hybridized carbons (Fsp3) is 0.182. The van der Waals surface area contributed by atoms with Crippen molar-refractivity contribution in [2.45, 2.75) is 6.61 Å². The third-order valence-electron chi connectivity index (χ3n) is 2.08. The van der Waals surface area contributed by atoms with Crippen molar-refractivity contribution in [3.05, 3.63) is 33.0 Å². The molecular formula is C11H8Br2N2O4. The molecule has 1 aromatic heterocycles. The highest BCUT2D eigenvalue weighted by Crippen LogP contribution is 2.29. The molecule has 0 bridgehead atoms. The molecule has 8 heteroatoms. The van der Waals surface area contributed by atoms with Gasteiger partial charge in [-0.15, -0.1) is 10.2 Å². The van der Waals surface area contributed by atoms with Gasteiger partial charge in [0, 0.05) is 8.95 Å². The van der Waals surface area contributed by atoms with Crippen LogP contribution in [0.15, 0.2) is 31.6 Å². The van der Waals surface area contributed by atoms with Crippen LogP contribution in [0.3, 0.4) is 0 Å². The lowest BCUT2D eigenvalue weighted by Crippen LogP contribution is -2.06. The summed E-state index contributed by atoms with van der Waals surface area (Å²) >= 11 is 6.75. The topological polar surface area (TPSA) is 85.5 Å². The van der Waals surface area contributed by atoms with E-state index in [9.17, 15) is 4.79 Å². The van der Waals surface area contributed by atoms with Crippen LogP contribution < -0.4 is 0 Å². The van der Waals surface area contributed by atoms with Crippen LogP contribution in [0.1, 0.15) is 5.89 Å². The van der Waals surface area contributed by atoms with E-state index < -0.39 is 12.6 Å². The summed E-state index contributed by atoms with van der Waals surface area (Å²) in [5.74, 6) is -0.477. The first-order chi connectivity index (χ1) is 9.06. The van der Waals surface area contributed by atoms with Crippen LogP contribution in [-0.2, 0) is 16.1 Å². The molecule has 6 nitrogen and oxygen atoms in total. The molecule has 100 valence electrons. The summed E-state index contributed by atoms with van der Waals surface area (Å²) in [6.45, 7) is -0.437. The number of benzene rings is 1. The molecule has 0 radical (unpaired) electrons. The monoisotopic (exact) mass is 390 g/mol. The van der Waals surface area contributed by atoms with Gasteiger partial charge in [0.1, 0.15) is 13.2 Å². The van der Waals surface area contributed by atoms with E-state index in [1.165, 1.54) is 0 Å². The Labute approximate surface area is 125 Å². The number of carboxylic acid groups (broad SMARTS) is 1. The average Bonchev–Trinajstić information content (AvgIpc) is 2.77. The lowest BCUT2D eigenvalue weighted by molar-refractivity contribution is -0.142. The highest BCUT2D eigenvalue weighted by Gasteiger charge is 2.12. The van der Waals surface area contributed by atoms with Gasteiger partial charge in [-0.1, -0.05) is 15.9 Å². The molecule has 2 rings (SSSR count). The minimum Gasteiger partial charge on any atom is -0.480 e. The van der Waals surface area contributed by atoms with Crippen LogP contribution in [0.4, 0.5) is 0 Å². The van der Waals surface area contributed by atoms with Crippen LogP contribution in [0.2, 0.25) is 0 Å². The molecule has 2 aromatic rings. The first kappa shape index (κ1) is 14.2. The van der Waals surface area contributed by atoms with E-state index in [0.29, 0.717) is 5.89 Å². The standard InChI is InChI=1S/C11H8Br2N2O4/c12-6-1-2-7(8(13)3-6)11-15-14-9(19-11)4-18-5-10(16)17/h1-3H,4-5H2,(H,16,17). The Bertz CT molecular complexity index is 600. The minimum atomic E-state index is -1.05. The highest BCUT2D eigenvalue weighted by atomic mass is 79.9. The predicted molar refractivity (Wildman–Crippen MR) is 72.4 cm³/mol. The molecule has 0 unspecified atom stereocenters. The number of rotatable bonds is 5. The molecule has 0 amide bonds. The average molecular weight is 392 g/mol. The van der Waals surface area contributed by atoms with Crippen LogP contribution in [0.25, 0.3) is 11.5 Å². The van der Waals surface area contributed by atoms with Crippen molar-refractivity contribution >= 4 is 37.8 Å². The van der Waals surface area contributed by atoms with Crippen LogP contribution in [-0.4, -0.2) is 27.9 Å². The molecule has 0 atom stereocenters. The molecule has 0 saturated heterocycles. The smallest absolute Gasteiger partial charge is 0.329 e. The van der Waals surface area contributed by atoms with Gasteiger partial charge >= 0.3 is 5.97 Å². The molecule has 0 spiro atoms. The van der Waals surface area contributed by atoms with E-state index in [4.69, 9.17) is 14.3 Å². The maximum absolute atomic E-state index is 10.3. The van der Waals surface area contributed by atoms with Crippen LogP contribution in [0, 0.1) is 0 Å². The number of hydrogen-bond donors (Lipinski definition) is 1. The second-order valence-corrected chi connectivity index (χ2v) is 5.28. The number of nitrogens with zero attached hydrogens (tertiary/aromatic N) is 2. The zero-order chi connectivity index (χ0) is 13.8. The lowest BCUT2D eigenvalue weighted by atomic mass is 10.2. The van der Waals surface area contributed by atoms with Crippen molar-refractivity contribution in [1.82, 2.24) is 10.2 Å². The summed E-state index contributed by atoms with van der Waals surface area (Å²) in [5, 5.41) is 16.1. The third kappa shape index (κ3) is 3.85. The Hall–Kier alpha value is -1.25. The first-order valence-corrected chi connectivity index (χ1v) is 6.72. The Morgan fingerprint density at radius 1 is 1.37 bits per heavy atom. The Balaban J connectivity index is 2.10. The second kappa shape index (κ2) is 6.27. The predicted octanol–water partition coefficient (Wildman–Crippen LogP) is 2.86. The zero-order valence-electron chi connectivity index (χ0n) is 9.47. The molecule has 19 heavy (non-hydrogen) atoms. The fourth-order valence-electron chi connectivity index (χ4n) is 1.31. The van der Waals surface area contributed by atoms with Gasteiger partial charge in [-0.2, -0.15) is 0 Å². The summed E-state index contributed by atoms with van der Waals surface area (Å²) in [6.07, 6.45) is 0. The van der Waals surface area contributed by atoms with E-state index in [1.807, 2.05) is 18.2 Å². The van der Waals surface area contributed by atoms with Gasteiger partial charge in [0.25, 0.3) is 0 Å². The summed E-state index contributed by atoms with van der Waals surface area (Å²) in [7, 11) is 0. The summed E-state index contributed by atoms with van der Waals surface area (Å²) in [5.41, 5.74) is 0.750. The minimum absolute atomic E-state index is 0.0343. The molecule has 0 aliphatic heterocycles. The Kier molecular flexibility index (Phi) is 4.67. The van der Waals surface area contributed by atoms with Crippen molar-refractivity contribution in [3.8, 4) is 11.5 Å². The maximum atomic E-state index is 10.3. The summed E-state index contributed by atoms with van der Waals surface area (Å²) in [6, 6.07) is 5.54. The van der Waals surface area contributed by atoms with Crippen LogP contribution >= 0.6 is 31.9 Å². The molecule has 1 heterocycles. The molecule has 0 aliphatic rings. The number of halogens is 2. The highest BCUT2D eigenvalue weighted by molar-refractivity contribution is 9.11. The Morgan fingerprint density at radius 2 is 2.16 bits per heavy atom. The largest absolute Gasteiger partial charge is 0.480 e. The normalized spacial score (nSPS) is 10.6. The third-order valence-corrected chi connectivity index (χ3v) is 3.23. The molecule has 1 aromatic carbocycles. The number of ether oxygens (including phenoxy) is 1. The van der Waals surface area contributed by atoms with Crippen molar-refractivity contribution in [3.63, 3.8) is 0 Å². The second-order valence-electron chi connectivity index (χ2n) is 3.51. The zero-order valence-corrected chi connectivity index (χ0v) is 12.6. The molecule has 0 fully saturated rings. The van der Waals surface area contributed by atoms with Crippen molar-refractivity contribution in [2.75, 3.05) is 6.61 Å². The van der Waals surface area contributed by atoms with Gasteiger partial charge < -0.3 is 14.3 Å². The van der Waals surface area contributed by atoms with E-state index in [1.54, 1.807) is 0 Å². The van der Waals surface area contributed by atoms with E-state index in [2.05, 4.69) is 42.1 Å². The summed E-state index contributed by atoms with van der Waals surface area (Å²) < 4.78 is 12.0. The van der Waals surface area contributed by atoms with Crippen molar-refractivity contribution in [2.24, 2.45) is 0 Å². The number of aliphatic carboxylic acids is 1. The van der Waals surface area contributed by atoms with Gasteiger partial charge in [-0.25, -0.2) is 4.79 Å². The SMILES string of the molecule is O=C(O)COCc1nnc(-c2ccc(Br)cc2Br)o1. The molecule has 1 N–H and O–H groups in total. The fourth-order valence-corrected chi connectivity index (χ4v) is 2.53. The lowest BCUT2D eigenvalue weighted by Gasteiger charge is -1.99. The van der Waals surface area contributed by atoms with Gasteiger partial charge in [0.2, 0.25) is 11.8 Å². The number of carbonyl (C=O) groups is 1. The van der Waals surface area contributed by atoms with Crippen molar-refractivity contribution in [1.29, 1.82) is 0 Å². The van der Waals surface area contributed by atoms with E-state index in [-0.39, 0.29) is 12.5 Å². The van der Waals surface area contributed by atoms with E-state index >= 15 is 0 Å². The van der Waals surface area contributed by atoms with Crippen molar-refractivity contribution < 1.29 is 19.1 Å². The summed E-state index contributed by atoms with van der Waals surface area (Å²) in [4.78, 5) is 10.3. The van der Waals surface area contributed by atoms with E-state index in [0.717, 1.165) is 14.5 Å².